The molecule has 0 spiro atoms. The molecule has 164 valence electrons. The minimum atomic E-state index is -5.92. The molecule has 0 fully saturated rings. The lowest BCUT2D eigenvalue weighted by molar-refractivity contribution is -0.287. The van der Waals surface area contributed by atoms with Gasteiger partial charge in [-0.05, 0) is 6.92 Å². The van der Waals surface area contributed by atoms with Crippen molar-refractivity contribution in [1.82, 2.24) is 23.7 Å². The predicted molar refractivity (Wildman–Crippen MR) is 96.7 cm³/mol. The molecule has 3 aromatic heterocycles. The molecule has 0 atom stereocenters. The molecule has 6 nitrogen and oxygen atoms in total. The van der Waals surface area contributed by atoms with Gasteiger partial charge < -0.3 is 4.57 Å². The number of nitrogens with zero attached hydrogens (tertiary/aromatic N) is 5. The highest BCUT2D eigenvalue weighted by Gasteiger charge is 2.57. The summed E-state index contributed by atoms with van der Waals surface area (Å²) in [5.74, 6) is -5.89. The van der Waals surface area contributed by atoms with Crippen LogP contribution in [-0.2, 0) is 18.0 Å². The molecule has 0 aliphatic carbocycles. The van der Waals surface area contributed by atoms with E-state index in [9.17, 15) is 39.9 Å². The minimum absolute atomic E-state index is 0.0490. The minimum Gasteiger partial charge on any atom is -0.334 e. The van der Waals surface area contributed by atoms with Crippen LogP contribution < -0.4 is 5.56 Å². The van der Waals surface area contributed by atoms with Crippen molar-refractivity contribution in [3.63, 3.8) is 0 Å². The first-order valence-corrected chi connectivity index (χ1v) is 8.41. The second-order valence-corrected chi connectivity index (χ2v) is 6.93. The molecular formula is C15H8B3F8N5O. The van der Waals surface area contributed by atoms with Gasteiger partial charge in [-0.2, -0.15) is 40.2 Å². The lowest BCUT2D eigenvalue weighted by Crippen LogP contribution is -2.40. The summed E-state index contributed by atoms with van der Waals surface area (Å²) in [6.07, 6.45) is -9.16. The molecule has 0 amide bonds. The number of imidazole rings is 1. The highest BCUT2D eigenvalue weighted by Crippen LogP contribution is 2.38. The van der Waals surface area contributed by atoms with Crippen molar-refractivity contribution < 1.29 is 35.1 Å². The van der Waals surface area contributed by atoms with Gasteiger partial charge in [0.1, 0.15) is 6.54 Å². The molecule has 3 aromatic rings. The summed E-state index contributed by atoms with van der Waals surface area (Å²) in [6, 6.07) is 0. The van der Waals surface area contributed by atoms with E-state index in [1.165, 1.54) is 6.92 Å². The molecule has 17 heteroatoms. The maximum Gasteiger partial charge on any atom is 0.455 e. The van der Waals surface area contributed by atoms with Crippen molar-refractivity contribution in [2.24, 2.45) is 0 Å². The van der Waals surface area contributed by atoms with Crippen LogP contribution in [-0.4, -0.2) is 59.4 Å². The lowest BCUT2D eigenvalue weighted by Gasteiger charge is -2.25. The fourth-order valence-electron chi connectivity index (χ4n) is 3.01. The fourth-order valence-corrected chi connectivity index (χ4v) is 3.01. The molecule has 0 aliphatic heterocycles. The van der Waals surface area contributed by atoms with Crippen LogP contribution in [0.1, 0.15) is 11.4 Å². The smallest absolute Gasteiger partial charge is 0.334 e. The van der Waals surface area contributed by atoms with Gasteiger partial charge >= 0.3 is 18.3 Å². The number of halogens is 8. The van der Waals surface area contributed by atoms with Crippen LogP contribution in [0.3, 0.4) is 0 Å². The van der Waals surface area contributed by atoms with Gasteiger partial charge in [0, 0.05) is 23.7 Å². The fraction of sp³-hybridized carbons (Fsp3) is 0.400. The second-order valence-electron chi connectivity index (χ2n) is 6.93. The quantitative estimate of drug-likeness (QED) is 0.444. The molecule has 0 unspecified atom stereocenters. The molecule has 3 rings (SSSR count). The van der Waals surface area contributed by atoms with E-state index in [4.69, 9.17) is 23.5 Å². The Morgan fingerprint density at radius 1 is 1.00 bits per heavy atom. The molecule has 32 heavy (non-hydrogen) atoms. The van der Waals surface area contributed by atoms with Crippen LogP contribution in [0.2, 0.25) is 0 Å². The summed E-state index contributed by atoms with van der Waals surface area (Å²) < 4.78 is 106. The molecule has 0 aliphatic rings. The largest absolute Gasteiger partial charge is 0.455 e. The summed E-state index contributed by atoms with van der Waals surface area (Å²) >= 11 is 0. The van der Waals surface area contributed by atoms with E-state index >= 15 is 0 Å². The van der Waals surface area contributed by atoms with Gasteiger partial charge in [0.05, 0.1) is 35.3 Å². The molecule has 3 heterocycles. The molecule has 0 N–H and O–H groups in total. The van der Waals surface area contributed by atoms with Gasteiger partial charge in [0.2, 0.25) is 5.78 Å². The van der Waals surface area contributed by atoms with Crippen molar-refractivity contribution in [2.75, 3.05) is 0 Å². The number of rotatable bonds is 4. The zero-order chi connectivity index (χ0) is 24.4. The monoisotopic (exact) mass is 459 g/mol. The average molecular weight is 459 g/mol. The van der Waals surface area contributed by atoms with E-state index in [0.29, 0.717) is 16.8 Å². The number of aryl methyl sites for hydroxylation is 1. The van der Waals surface area contributed by atoms with Gasteiger partial charge in [-0.1, -0.05) is 5.24 Å². The lowest BCUT2D eigenvalue weighted by atomic mass is 9.49. The summed E-state index contributed by atoms with van der Waals surface area (Å²) in [7, 11) is 16.6. The summed E-state index contributed by atoms with van der Waals surface area (Å²) in [5, 5.41) is 0.986. The van der Waals surface area contributed by atoms with Crippen LogP contribution in [0, 0.1) is 6.92 Å². The topological polar surface area (TPSA) is 57.1 Å². The van der Waals surface area contributed by atoms with E-state index in [1.807, 2.05) is 0 Å². The molecule has 0 aromatic carbocycles. The van der Waals surface area contributed by atoms with Gasteiger partial charge in [0.15, 0.2) is 5.69 Å². The summed E-state index contributed by atoms with van der Waals surface area (Å²) in [4.78, 5) is 16.3. The zero-order valence-corrected chi connectivity index (χ0v) is 15.8. The van der Waals surface area contributed by atoms with E-state index in [1.54, 1.807) is 0 Å². The van der Waals surface area contributed by atoms with E-state index in [2.05, 4.69) is 10.1 Å². The van der Waals surface area contributed by atoms with E-state index in [-0.39, 0.29) is 10.4 Å². The maximum atomic E-state index is 13.7. The first-order chi connectivity index (χ1) is 14.3. The molecule has 6 radical (unpaired) electrons. The van der Waals surface area contributed by atoms with Crippen molar-refractivity contribution >= 4 is 29.3 Å². The standard InChI is InChI=1S/C15H8B3F8N5O/c1-6-3-30-10(32)8(7-2-27-29(4-7)5-12(19,20)14(24,25)26)9(13(21,22)23)28-11(30)31(6)15(16,17)18/h2-4H,5H2,1H3. The maximum absolute atomic E-state index is 13.7. The normalized spacial score (nSPS) is 13.8. The molecule has 0 bridgehead atoms. The van der Waals surface area contributed by atoms with Crippen molar-refractivity contribution in [2.45, 2.75) is 37.0 Å². The second kappa shape index (κ2) is 7.14. The Bertz CT molecular complexity index is 1240. The Morgan fingerprint density at radius 2 is 1.59 bits per heavy atom. The number of fused-ring (bicyclic) bond motifs is 1. The summed E-state index contributed by atoms with van der Waals surface area (Å²) in [5.41, 5.74) is -4.88. The number of aromatic nitrogens is 5. The van der Waals surface area contributed by atoms with Crippen molar-refractivity contribution in [1.29, 1.82) is 0 Å². The van der Waals surface area contributed by atoms with Crippen LogP contribution in [0.25, 0.3) is 16.9 Å². The Kier molecular flexibility index (Phi) is 5.33. The predicted octanol–water partition coefficient (Wildman–Crippen LogP) is 1.96. The zero-order valence-electron chi connectivity index (χ0n) is 15.8. The third-order valence-electron chi connectivity index (χ3n) is 4.32. The van der Waals surface area contributed by atoms with Gasteiger partial charge in [0.25, 0.3) is 5.56 Å². The molecule has 0 saturated carbocycles. The van der Waals surface area contributed by atoms with Gasteiger partial charge in [-0.15, -0.1) is 0 Å². The summed E-state index contributed by atoms with van der Waals surface area (Å²) in [6.45, 7) is -0.694. The number of hydrogen-bond donors (Lipinski definition) is 0. The van der Waals surface area contributed by atoms with E-state index < -0.39 is 58.2 Å². The molecular weight excluding hydrogens is 451 g/mol. The van der Waals surface area contributed by atoms with Gasteiger partial charge in [-0.3, -0.25) is 13.9 Å². The number of hydrogen-bond acceptors (Lipinski definition) is 3. The third kappa shape index (κ3) is 4.04. The van der Waals surface area contributed by atoms with Crippen molar-refractivity contribution in [3.05, 3.63) is 40.3 Å². The van der Waals surface area contributed by atoms with Crippen molar-refractivity contribution in [3.8, 4) is 11.1 Å². The first kappa shape index (κ1) is 23.9. The van der Waals surface area contributed by atoms with Gasteiger partial charge in [-0.25, -0.2) is 4.98 Å². The Labute approximate surface area is 177 Å². The number of alkyl halides is 8. The average Bonchev–Trinajstić information content (AvgIpc) is 3.15. The highest BCUT2D eigenvalue weighted by molar-refractivity contribution is 6.56. The Morgan fingerprint density at radius 3 is 2.09 bits per heavy atom. The third-order valence-corrected chi connectivity index (χ3v) is 4.32. The first-order valence-electron chi connectivity index (χ1n) is 8.41. The van der Waals surface area contributed by atoms with Crippen LogP contribution in [0.4, 0.5) is 35.1 Å². The van der Waals surface area contributed by atoms with Crippen LogP contribution in [0.5, 0.6) is 0 Å². The highest BCUT2D eigenvalue weighted by atomic mass is 19.4. The Balaban J connectivity index is 2.25. The van der Waals surface area contributed by atoms with Crippen LogP contribution >= 0.6 is 0 Å². The Hall–Kier alpha value is -2.74. The SMILES string of the molecule is [B]C([B])([B])n1c(C)cn2c(=O)c(-c3cnn(CC(F)(F)C(F)(F)F)c3)c(C(F)(F)F)nc12. The van der Waals surface area contributed by atoms with Crippen LogP contribution in [0.15, 0.2) is 23.4 Å². The van der Waals surface area contributed by atoms with E-state index in [0.717, 1.165) is 10.8 Å². The molecule has 0 saturated heterocycles.